The fourth-order valence-corrected chi connectivity index (χ4v) is 2.28. The van der Waals surface area contributed by atoms with Crippen LogP contribution in [-0.2, 0) is 9.53 Å². The molecule has 114 valence electrons. The molecule has 0 radical (unpaired) electrons. The largest absolute Gasteiger partial charge is 0.496 e. The summed E-state index contributed by atoms with van der Waals surface area (Å²) in [6.07, 6.45) is 1.91. The van der Waals surface area contributed by atoms with Crippen molar-refractivity contribution in [2.45, 2.75) is 13.8 Å². The van der Waals surface area contributed by atoms with Crippen LogP contribution in [0, 0.1) is 6.92 Å². The van der Waals surface area contributed by atoms with Crippen LogP contribution in [0.15, 0.2) is 54.6 Å². The number of esters is 1. The van der Waals surface area contributed by atoms with Gasteiger partial charge in [0, 0.05) is 12.5 Å². The summed E-state index contributed by atoms with van der Waals surface area (Å²) in [5, 5.41) is 0. The molecule has 0 unspecified atom stereocenters. The first-order chi connectivity index (χ1) is 10.6. The fraction of sp³-hybridized carbons (Fsp3) is 0.211. The molecule has 0 saturated carbocycles. The van der Waals surface area contributed by atoms with Gasteiger partial charge in [0.1, 0.15) is 12.4 Å². The van der Waals surface area contributed by atoms with Crippen LogP contribution in [0.4, 0.5) is 0 Å². The number of benzene rings is 2. The van der Waals surface area contributed by atoms with E-state index < -0.39 is 0 Å². The third-order valence-corrected chi connectivity index (χ3v) is 3.30. The zero-order valence-electron chi connectivity index (χ0n) is 13.1. The summed E-state index contributed by atoms with van der Waals surface area (Å²) >= 11 is 0. The monoisotopic (exact) mass is 296 g/mol. The van der Waals surface area contributed by atoms with Crippen molar-refractivity contribution in [3.8, 4) is 5.75 Å². The van der Waals surface area contributed by atoms with Gasteiger partial charge in [0.2, 0.25) is 0 Å². The standard InChI is InChI=1S/C19H20O3/c1-14-9-10-19(21-3)18(13-14)17(11-12-22-15(2)20)16-7-5-4-6-8-16/h4-11,13H,12H2,1-3H3. The number of hydrogen-bond donors (Lipinski definition) is 0. The van der Waals surface area contributed by atoms with Gasteiger partial charge in [-0.15, -0.1) is 0 Å². The molecule has 0 saturated heterocycles. The Bertz CT molecular complexity index is 672. The highest BCUT2D eigenvalue weighted by Crippen LogP contribution is 2.31. The maximum Gasteiger partial charge on any atom is 0.302 e. The van der Waals surface area contributed by atoms with Crippen LogP contribution in [0.5, 0.6) is 5.75 Å². The average molecular weight is 296 g/mol. The topological polar surface area (TPSA) is 35.5 Å². The Kier molecular flexibility index (Phi) is 5.37. The highest BCUT2D eigenvalue weighted by Gasteiger charge is 2.11. The maximum atomic E-state index is 11.0. The molecule has 0 fully saturated rings. The summed E-state index contributed by atoms with van der Waals surface area (Å²) < 4.78 is 10.5. The summed E-state index contributed by atoms with van der Waals surface area (Å²) in [4.78, 5) is 11.0. The molecule has 0 aliphatic heterocycles. The van der Waals surface area contributed by atoms with Crippen molar-refractivity contribution >= 4 is 11.5 Å². The predicted molar refractivity (Wildman–Crippen MR) is 87.9 cm³/mol. The van der Waals surface area contributed by atoms with Gasteiger partial charge in [-0.25, -0.2) is 0 Å². The molecule has 0 aliphatic carbocycles. The van der Waals surface area contributed by atoms with Crippen LogP contribution in [0.3, 0.4) is 0 Å². The number of methoxy groups -OCH3 is 1. The Balaban J connectivity index is 2.49. The van der Waals surface area contributed by atoms with Gasteiger partial charge in [0.25, 0.3) is 0 Å². The molecule has 0 atom stereocenters. The molecule has 22 heavy (non-hydrogen) atoms. The van der Waals surface area contributed by atoms with Gasteiger partial charge in [0.15, 0.2) is 0 Å². The highest BCUT2D eigenvalue weighted by molar-refractivity contribution is 5.83. The first-order valence-electron chi connectivity index (χ1n) is 7.15. The van der Waals surface area contributed by atoms with E-state index in [0.29, 0.717) is 0 Å². The Morgan fingerprint density at radius 3 is 2.50 bits per heavy atom. The summed E-state index contributed by atoms with van der Waals surface area (Å²) in [5.74, 6) is 0.503. The fourth-order valence-electron chi connectivity index (χ4n) is 2.28. The van der Waals surface area contributed by atoms with Gasteiger partial charge in [0.05, 0.1) is 7.11 Å². The number of carbonyl (C=O) groups is 1. The lowest BCUT2D eigenvalue weighted by atomic mass is 9.95. The van der Waals surface area contributed by atoms with Crippen LogP contribution in [0.25, 0.3) is 5.57 Å². The van der Waals surface area contributed by atoms with Gasteiger partial charge < -0.3 is 9.47 Å². The maximum absolute atomic E-state index is 11.0. The number of aryl methyl sites for hydroxylation is 1. The lowest BCUT2D eigenvalue weighted by Crippen LogP contribution is -2.00. The Morgan fingerprint density at radius 1 is 1.14 bits per heavy atom. The van der Waals surface area contributed by atoms with Crippen molar-refractivity contribution in [2.75, 3.05) is 13.7 Å². The minimum absolute atomic E-state index is 0.233. The molecule has 2 rings (SSSR count). The lowest BCUT2D eigenvalue weighted by Gasteiger charge is -2.14. The molecular formula is C19H20O3. The molecule has 0 bridgehead atoms. The van der Waals surface area contributed by atoms with E-state index in [1.165, 1.54) is 6.92 Å². The summed E-state index contributed by atoms with van der Waals surface area (Å²) in [6, 6.07) is 16.0. The smallest absolute Gasteiger partial charge is 0.302 e. The first kappa shape index (κ1) is 15.8. The molecule has 3 heteroatoms. The van der Waals surface area contributed by atoms with Crippen molar-refractivity contribution in [1.29, 1.82) is 0 Å². The Hall–Kier alpha value is -2.55. The molecule has 0 amide bonds. The van der Waals surface area contributed by atoms with E-state index in [-0.39, 0.29) is 12.6 Å². The van der Waals surface area contributed by atoms with E-state index in [1.807, 2.05) is 55.5 Å². The van der Waals surface area contributed by atoms with Crippen molar-refractivity contribution in [1.82, 2.24) is 0 Å². The van der Waals surface area contributed by atoms with E-state index in [2.05, 4.69) is 6.07 Å². The predicted octanol–water partition coefficient (Wildman–Crippen LogP) is 4.00. The Labute approximate surface area is 131 Å². The zero-order chi connectivity index (χ0) is 15.9. The molecule has 2 aromatic carbocycles. The molecule has 0 aliphatic rings. The van der Waals surface area contributed by atoms with Crippen LogP contribution in [0.2, 0.25) is 0 Å². The quantitative estimate of drug-likeness (QED) is 0.782. The minimum atomic E-state index is -0.292. The molecule has 3 nitrogen and oxygen atoms in total. The number of hydrogen-bond acceptors (Lipinski definition) is 3. The highest BCUT2D eigenvalue weighted by atomic mass is 16.5. The van der Waals surface area contributed by atoms with Crippen molar-refractivity contribution in [2.24, 2.45) is 0 Å². The third kappa shape index (κ3) is 3.98. The minimum Gasteiger partial charge on any atom is -0.496 e. The van der Waals surface area contributed by atoms with Crippen LogP contribution >= 0.6 is 0 Å². The first-order valence-corrected chi connectivity index (χ1v) is 7.15. The van der Waals surface area contributed by atoms with Crippen LogP contribution < -0.4 is 4.74 Å². The van der Waals surface area contributed by atoms with E-state index >= 15 is 0 Å². The van der Waals surface area contributed by atoms with E-state index in [1.54, 1.807) is 7.11 Å². The third-order valence-electron chi connectivity index (χ3n) is 3.30. The normalized spacial score (nSPS) is 11.1. The molecule has 0 spiro atoms. The SMILES string of the molecule is COc1ccc(C)cc1C(=CCOC(C)=O)c1ccccc1. The molecular weight excluding hydrogens is 276 g/mol. The average Bonchev–Trinajstić information content (AvgIpc) is 2.52. The van der Waals surface area contributed by atoms with Gasteiger partial charge in [-0.2, -0.15) is 0 Å². The molecule has 0 heterocycles. The number of ether oxygens (including phenoxy) is 2. The van der Waals surface area contributed by atoms with Crippen LogP contribution in [0.1, 0.15) is 23.6 Å². The summed E-state index contributed by atoms with van der Waals surface area (Å²) in [5.41, 5.74) is 4.17. The zero-order valence-corrected chi connectivity index (χ0v) is 13.1. The molecule has 2 aromatic rings. The number of carbonyl (C=O) groups excluding carboxylic acids is 1. The molecule has 0 aromatic heterocycles. The van der Waals surface area contributed by atoms with E-state index in [4.69, 9.17) is 9.47 Å². The van der Waals surface area contributed by atoms with E-state index in [0.717, 1.165) is 28.0 Å². The van der Waals surface area contributed by atoms with Crippen molar-refractivity contribution in [3.05, 3.63) is 71.3 Å². The Morgan fingerprint density at radius 2 is 1.86 bits per heavy atom. The van der Waals surface area contributed by atoms with Crippen LogP contribution in [-0.4, -0.2) is 19.7 Å². The van der Waals surface area contributed by atoms with Crippen molar-refractivity contribution in [3.63, 3.8) is 0 Å². The van der Waals surface area contributed by atoms with Gasteiger partial charge in [-0.1, -0.05) is 42.0 Å². The van der Waals surface area contributed by atoms with E-state index in [9.17, 15) is 4.79 Å². The van der Waals surface area contributed by atoms with Crippen molar-refractivity contribution < 1.29 is 14.3 Å². The second-order valence-corrected chi connectivity index (χ2v) is 4.99. The lowest BCUT2D eigenvalue weighted by molar-refractivity contribution is -0.139. The van der Waals surface area contributed by atoms with Gasteiger partial charge >= 0.3 is 5.97 Å². The summed E-state index contributed by atoms with van der Waals surface area (Å²) in [7, 11) is 1.66. The second kappa shape index (κ2) is 7.46. The van der Waals surface area contributed by atoms with Gasteiger partial charge in [-0.3, -0.25) is 4.79 Å². The number of rotatable bonds is 5. The second-order valence-electron chi connectivity index (χ2n) is 4.99. The molecule has 0 N–H and O–H groups in total. The van der Waals surface area contributed by atoms with Gasteiger partial charge in [-0.05, 0) is 36.3 Å². The summed E-state index contributed by atoms with van der Waals surface area (Å²) in [6.45, 7) is 3.68.